The van der Waals surface area contributed by atoms with Crippen molar-refractivity contribution < 1.29 is 4.92 Å². The molecule has 100 valence electrons. The van der Waals surface area contributed by atoms with E-state index in [-0.39, 0.29) is 5.69 Å². The van der Waals surface area contributed by atoms with Gasteiger partial charge in [0.1, 0.15) is 0 Å². The highest BCUT2D eigenvalue weighted by Crippen LogP contribution is 2.25. The van der Waals surface area contributed by atoms with Crippen molar-refractivity contribution in [2.24, 2.45) is 0 Å². The van der Waals surface area contributed by atoms with E-state index < -0.39 is 4.92 Å². The van der Waals surface area contributed by atoms with Gasteiger partial charge >= 0.3 is 5.69 Å². The summed E-state index contributed by atoms with van der Waals surface area (Å²) in [5.74, 6) is 0.328. The van der Waals surface area contributed by atoms with Crippen LogP contribution in [0.5, 0.6) is 0 Å². The van der Waals surface area contributed by atoms with Crippen LogP contribution in [-0.4, -0.2) is 26.6 Å². The summed E-state index contributed by atoms with van der Waals surface area (Å²) >= 11 is 0. The molecule has 0 fully saturated rings. The van der Waals surface area contributed by atoms with Crippen molar-refractivity contribution >= 4 is 11.5 Å². The number of nitrogens with one attached hydrogen (secondary N) is 2. The number of aromatic amines is 1. The molecule has 0 unspecified atom stereocenters. The normalized spacial score (nSPS) is 10.4. The average Bonchev–Trinajstić information content (AvgIpc) is 2.87. The molecule has 19 heavy (non-hydrogen) atoms. The van der Waals surface area contributed by atoms with Gasteiger partial charge in [0.25, 0.3) is 0 Å². The van der Waals surface area contributed by atoms with E-state index in [9.17, 15) is 10.1 Å². The molecule has 0 radical (unpaired) electrons. The van der Waals surface area contributed by atoms with Gasteiger partial charge in [-0.25, -0.2) is 4.98 Å². The Hall–Kier alpha value is -2.44. The summed E-state index contributed by atoms with van der Waals surface area (Å²) in [4.78, 5) is 14.6. The third-order valence-electron chi connectivity index (χ3n) is 2.78. The highest BCUT2D eigenvalue weighted by atomic mass is 16.6. The van der Waals surface area contributed by atoms with E-state index in [0.29, 0.717) is 17.9 Å². The molecule has 2 heterocycles. The summed E-state index contributed by atoms with van der Waals surface area (Å²) in [5.41, 5.74) is 1.70. The molecule has 2 aromatic rings. The van der Waals surface area contributed by atoms with Crippen molar-refractivity contribution in [3.63, 3.8) is 0 Å². The lowest BCUT2D eigenvalue weighted by Gasteiger charge is -2.06. The van der Waals surface area contributed by atoms with Crippen LogP contribution in [-0.2, 0) is 6.42 Å². The van der Waals surface area contributed by atoms with E-state index in [1.54, 1.807) is 25.4 Å². The van der Waals surface area contributed by atoms with Crippen LogP contribution in [0, 0.1) is 17.0 Å². The maximum Gasteiger partial charge on any atom is 0.314 e. The minimum atomic E-state index is -0.403. The van der Waals surface area contributed by atoms with Gasteiger partial charge in [0.2, 0.25) is 5.82 Å². The van der Waals surface area contributed by atoms with Crippen molar-refractivity contribution in [1.82, 2.24) is 15.2 Å². The van der Waals surface area contributed by atoms with Gasteiger partial charge in [-0.3, -0.25) is 15.2 Å². The van der Waals surface area contributed by atoms with Gasteiger partial charge in [0.15, 0.2) is 0 Å². The van der Waals surface area contributed by atoms with Gasteiger partial charge < -0.3 is 5.32 Å². The zero-order chi connectivity index (χ0) is 13.7. The second-order valence-electron chi connectivity index (χ2n) is 4.19. The quantitative estimate of drug-likeness (QED) is 0.471. The van der Waals surface area contributed by atoms with Crippen molar-refractivity contribution in [2.75, 3.05) is 11.9 Å². The molecule has 0 saturated heterocycles. The van der Waals surface area contributed by atoms with Crippen LogP contribution in [0.1, 0.15) is 17.7 Å². The number of aryl methyl sites for hydroxylation is 2. The fraction of sp³-hybridized carbons (Fsp3) is 0.333. The lowest BCUT2D eigenvalue weighted by atomic mass is 10.2. The molecule has 0 aromatic carbocycles. The van der Waals surface area contributed by atoms with Crippen LogP contribution in [0.2, 0.25) is 0 Å². The Balaban J connectivity index is 1.92. The fourth-order valence-electron chi connectivity index (χ4n) is 1.82. The summed E-state index contributed by atoms with van der Waals surface area (Å²) in [6.45, 7) is 2.33. The molecule has 0 atom stereocenters. The van der Waals surface area contributed by atoms with E-state index in [4.69, 9.17) is 0 Å². The number of hydrogen-bond acceptors (Lipinski definition) is 5. The molecule has 2 rings (SSSR count). The van der Waals surface area contributed by atoms with Gasteiger partial charge in [-0.05, 0) is 31.9 Å². The number of pyridine rings is 1. The molecule has 0 amide bonds. The number of hydrogen-bond donors (Lipinski definition) is 2. The molecule has 0 aliphatic heterocycles. The Kier molecular flexibility index (Phi) is 4.07. The molecular formula is C12H15N5O2. The van der Waals surface area contributed by atoms with Gasteiger partial charge in [-0.1, -0.05) is 0 Å². The Morgan fingerprint density at radius 1 is 1.42 bits per heavy atom. The van der Waals surface area contributed by atoms with Crippen molar-refractivity contribution in [3.8, 4) is 0 Å². The Bertz CT molecular complexity index is 553. The minimum Gasteiger partial charge on any atom is -0.364 e. The SMILES string of the molecule is Cc1ccnc(NCCCc2ccn[nH]2)c1[N+](=O)[O-]. The van der Waals surface area contributed by atoms with Crippen molar-refractivity contribution in [2.45, 2.75) is 19.8 Å². The van der Waals surface area contributed by atoms with Crippen LogP contribution < -0.4 is 5.32 Å². The standard InChI is InChI=1S/C12H15N5O2/c1-9-4-7-14-12(11(9)17(18)19)13-6-2-3-10-5-8-15-16-10/h4-5,7-8H,2-3,6H2,1H3,(H,13,14)(H,15,16). The average molecular weight is 261 g/mol. The molecule has 0 spiro atoms. The van der Waals surface area contributed by atoms with Gasteiger partial charge in [0.05, 0.1) is 4.92 Å². The first-order valence-corrected chi connectivity index (χ1v) is 6.00. The van der Waals surface area contributed by atoms with Crippen molar-refractivity contribution in [3.05, 3.63) is 45.9 Å². The van der Waals surface area contributed by atoms with Crippen LogP contribution in [0.3, 0.4) is 0 Å². The second kappa shape index (κ2) is 5.94. The predicted molar refractivity (Wildman–Crippen MR) is 71.0 cm³/mol. The van der Waals surface area contributed by atoms with E-state index in [2.05, 4.69) is 20.5 Å². The molecule has 7 nitrogen and oxygen atoms in total. The van der Waals surface area contributed by atoms with Gasteiger partial charge in [0, 0.05) is 30.2 Å². The monoisotopic (exact) mass is 261 g/mol. The zero-order valence-electron chi connectivity index (χ0n) is 10.6. The topological polar surface area (TPSA) is 96.7 Å². The lowest BCUT2D eigenvalue weighted by molar-refractivity contribution is -0.384. The number of nitrogens with zero attached hydrogens (tertiary/aromatic N) is 3. The molecule has 0 bridgehead atoms. The largest absolute Gasteiger partial charge is 0.364 e. The molecule has 0 aliphatic carbocycles. The Labute approximate surface area is 110 Å². The molecular weight excluding hydrogens is 246 g/mol. The lowest BCUT2D eigenvalue weighted by Crippen LogP contribution is -2.08. The summed E-state index contributed by atoms with van der Waals surface area (Å²) < 4.78 is 0. The molecule has 7 heteroatoms. The van der Waals surface area contributed by atoms with Gasteiger partial charge in [-0.2, -0.15) is 5.10 Å². The van der Waals surface area contributed by atoms with Crippen LogP contribution >= 0.6 is 0 Å². The Morgan fingerprint density at radius 3 is 2.95 bits per heavy atom. The highest BCUT2D eigenvalue weighted by Gasteiger charge is 2.17. The Morgan fingerprint density at radius 2 is 2.26 bits per heavy atom. The first-order valence-electron chi connectivity index (χ1n) is 6.00. The summed E-state index contributed by atoms with van der Waals surface area (Å²) in [7, 11) is 0. The second-order valence-corrected chi connectivity index (χ2v) is 4.19. The first kappa shape index (κ1) is 13.0. The maximum absolute atomic E-state index is 11.0. The summed E-state index contributed by atoms with van der Waals surface area (Å²) in [6, 6.07) is 3.54. The van der Waals surface area contributed by atoms with E-state index in [1.807, 2.05) is 6.07 Å². The molecule has 2 aromatic heterocycles. The molecule has 0 aliphatic rings. The third-order valence-corrected chi connectivity index (χ3v) is 2.78. The van der Waals surface area contributed by atoms with E-state index >= 15 is 0 Å². The third kappa shape index (κ3) is 3.27. The smallest absolute Gasteiger partial charge is 0.314 e. The zero-order valence-corrected chi connectivity index (χ0v) is 10.6. The first-order chi connectivity index (χ1) is 9.18. The van der Waals surface area contributed by atoms with E-state index in [1.165, 1.54) is 0 Å². The van der Waals surface area contributed by atoms with Crippen LogP contribution in [0.25, 0.3) is 0 Å². The number of rotatable bonds is 6. The number of H-pyrrole nitrogens is 1. The number of anilines is 1. The van der Waals surface area contributed by atoms with Crippen LogP contribution in [0.15, 0.2) is 24.5 Å². The van der Waals surface area contributed by atoms with Crippen molar-refractivity contribution in [1.29, 1.82) is 0 Å². The molecule has 2 N–H and O–H groups in total. The molecule has 0 saturated carbocycles. The fourth-order valence-corrected chi connectivity index (χ4v) is 1.82. The highest BCUT2D eigenvalue weighted by molar-refractivity contribution is 5.59. The van der Waals surface area contributed by atoms with Crippen LogP contribution in [0.4, 0.5) is 11.5 Å². The van der Waals surface area contributed by atoms with Gasteiger partial charge in [-0.15, -0.1) is 0 Å². The summed E-state index contributed by atoms with van der Waals surface area (Å²) in [6.07, 6.45) is 4.96. The predicted octanol–water partition coefficient (Wildman–Crippen LogP) is 2.07. The number of aromatic nitrogens is 3. The minimum absolute atomic E-state index is 0.0454. The van der Waals surface area contributed by atoms with E-state index in [0.717, 1.165) is 18.5 Å². The maximum atomic E-state index is 11.0. The number of nitro groups is 1. The summed E-state index contributed by atoms with van der Waals surface area (Å²) in [5, 5.41) is 20.7.